The quantitative estimate of drug-likeness (QED) is 0.413. The third-order valence-corrected chi connectivity index (χ3v) is 8.14. The van der Waals surface area contributed by atoms with Crippen molar-refractivity contribution in [2.24, 2.45) is 0 Å². The van der Waals surface area contributed by atoms with E-state index in [1.165, 1.54) is 0 Å². The van der Waals surface area contributed by atoms with Crippen molar-refractivity contribution in [2.45, 2.75) is 38.3 Å². The molecule has 1 atom stereocenters. The molecule has 0 fully saturated rings. The van der Waals surface area contributed by atoms with E-state index in [9.17, 15) is 9.67 Å². The fourth-order valence-electron chi connectivity index (χ4n) is 2.68. The van der Waals surface area contributed by atoms with Crippen molar-refractivity contribution in [3.8, 4) is 11.5 Å². The van der Waals surface area contributed by atoms with Gasteiger partial charge in [0.05, 0.1) is 0 Å². The monoisotopic (exact) mass is 384 g/mol. The Labute approximate surface area is 159 Å². The van der Waals surface area contributed by atoms with Crippen LogP contribution >= 0.6 is 7.14 Å². The first-order chi connectivity index (χ1) is 12.3. The lowest BCUT2D eigenvalue weighted by atomic mass is 10.2. The molecule has 0 aliphatic heterocycles. The van der Waals surface area contributed by atoms with E-state index in [-0.39, 0.29) is 0 Å². The fraction of sp³-hybridized carbons (Fsp3) is 0.364. The van der Waals surface area contributed by atoms with Crippen molar-refractivity contribution in [3.05, 3.63) is 71.8 Å². The van der Waals surface area contributed by atoms with Crippen LogP contribution in [0.5, 0.6) is 0 Å². The highest BCUT2D eigenvalue weighted by atomic mass is 31.2. The van der Waals surface area contributed by atoms with Gasteiger partial charge in [0.2, 0.25) is 0 Å². The first-order valence-corrected chi connectivity index (χ1v) is 14.8. The fourth-order valence-corrected chi connectivity index (χ4v) is 5.66. The van der Waals surface area contributed by atoms with Crippen LogP contribution < -0.4 is 0 Å². The van der Waals surface area contributed by atoms with Crippen LogP contribution in [0.1, 0.15) is 11.1 Å². The van der Waals surface area contributed by atoms with Crippen molar-refractivity contribution in [1.29, 1.82) is 0 Å². The van der Waals surface area contributed by atoms with Gasteiger partial charge in [0.25, 0.3) is 0 Å². The van der Waals surface area contributed by atoms with Crippen molar-refractivity contribution in [3.63, 3.8) is 0 Å². The topological polar surface area (TPSA) is 37.3 Å². The van der Waals surface area contributed by atoms with Crippen LogP contribution in [0.4, 0.5) is 0 Å². The molecule has 2 rings (SSSR count). The second-order valence-electron chi connectivity index (χ2n) is 7.76. The number of aliphatic hydroxyl groups excluding tert-OH is 1. The highest BCUT2D eigenvalue weighted by Gasteiger charge is 2.30. The summed E-state index contributed by atoms with van der Waals surface area (Å²) in [5.41, 5.74) is 5.49. The summed E-state index contributed by atoms with van der Waals surface area (Å²) in [6.45, 7) is 6.39. The summed E-state index contributed by atoms with van der Waals surface area (Å²) < 4.78 is 13.6. The van der Waals surface area contributed by atoms with E-state index in [1.54, 1.807) is 0 Å². The largest absolute Gasteiger partial charge is 0.373 e. The Balaban J connectivity index is 2.15. The van der Waals surface area contributed by atoms with Crippen LogP contribution in [0.3, 0.4) is 0 Å². The molecule has 1 N–H and O–H groups in total. The third kappa shape index (κ3) is 6.96. The van der Waals surface area contributed by atoms with Gasteiger partial charge < -0.3 is 9.67 Å². The molecule has 0 heterocycles. The van der Waals surface area contributed by atoms with Gasteiger partial charge in [-0.2, -0.15) is 0 Å². The van der Waals surface area contributed by atoms with Crippen LogP contribution in [-0.4, -0.2) is 31.3 Å². The van der Waals surface area contributed by atoms with Gasteiger partial charge in [-0.05, 0) is 24.0 Å². The maximum absolute atomic E-state index is 13.6. The average Bonchev–Trinajstić information content (AvgIpc) is 2.64. The van der Waals surface area contributed by atoms with Gasteiger partial charge in [0.1, 0.15) is 15.2 Å². The van der Waals surface area contributed by atoms with Gasteiger partial charge in [-0.15, -0.1) is 5.54 Å². The molecular formula is C22H29O2PSi. The summed E-state index contributed by atoms with van der Waals surface area (Å²) in [4.78, 5) is 0. The van der Waals surface area contributed by atoms with Crippen molar-refractivity contribution in [1.82, 2.24) is 0 Å². The van der Waals surface area contributed by atoms with E-state index in [0.29, 0.717) is 25.2 Å². The maximum Gasteiger partial charge on any atom is 0.166 e. The van der Waals surface area contributed by atoms with Crippen LogP contribution in [-0.2, 0) is 17.4 Å². The molecule has 0 spiro atoms. The summed E-state index contributed by atoms with van der Waals surface area (Å²) in [6, 6.07) is 20.1. The zero-order chi connectivity index (χ0) is 19.0. The van der Waals surface area contributed by atoms with Crippen LogP contribution in [0.15, 0.2) is 60.7 Å². The predicted octanol–water partition coefficient (Wildman–Crippen LogP) is 5.03. The molecule has 2 nitrogen and oxygen atoms in total. The summed E-state index contributed by atoms with van der Waals surface area (Å²) in [5.74, 6) is 1.91. The lowest BCUT2D eigenvalue weighted by Gasteiger charge is -2.21. The van der Waals surface area contributed by atoms with Crippen LogP contribution in [0.25, 0.3) is 0 Å². The molecule has 0 saturated carbocycles. The molecule has 1 unspecified atom stereocenters. The number of hydrogen-bond acceptors (Lipinski definition) is 2. The molecule has 4 heteroatoms. The number of aliphatic hydroxyl groups is 1. The number of benzene rings is 2. The van der Waals surface area contributed by atoms with Crippen molar-refractivity contribution in [2.75, 3.05) is 12.3 Å². The third-order valence-electron chi connectivity index (χ3n) is 4.27. The molecule has 0 aliphatic rings. The Hall–Kier alpha value is -1.59. The minimum Gasteiger partial charge on any atom is -0.373 e. The van der Waals surface area contributed by atoms with E-state index in [2.05, 4.69) is 31.1 Å². The van der Waals surface area contributed by atoms with Crippen molar-refractivity contribution < 1.29 is 9.67 Å². The van der Waals surface area contributed by atoms with Gasteiger partial charge in [0.15, 0.2) is 5.85 Å². The maximum atomic E-state index is 13.6. The minimum atomic E-state index is -2.82. The van der Waals surface area contributed by atoms with E-state index in [0.717, 1.165) is 11.1 Å². The Bertz CT molecular complexity index is 738. The van der Waals surface area contributed by atoms with Crippen molar-refractivity contribution >= 4 is 15.2 Å². The summed E-state index contributed by atoms with van der Waals surface area (Å²) in [7, 11) is -4.44. The molecule has 138 valence electrons. The first kappa shape index (κ1) is 20.7. The average molecular weight is 385 g/mol. The highest BCUT2D eigenvalue weighted by molar-refractivity contribution is 7.64. The van der Waals surface area contributed by atoms with Gasteiger partial charge in [-0.25, -0.2) is 0 Å². The van der Waals surface area contributed by atoms with Gasteiger partial charge in [-0.3, -0.25) is 0 Å². The molecule has 0 bridgehead atoms. The second kappa shape index (κ2) is 9.37. The molecule has 0 aromatic heterocycles. The Morgan fingerprint density at radius 3 is 1.69 bits per heavy atom. The summed E-state index contributed by atoms with van der Waals surface area (Å²) >= 11 is 0. The summed E-state index contributed by atoms with van der Waals surface area (Å²) in [6.07, 6.45) is 2.40. The van der Waals surface area contributed by atoms with Gasteiger partial charge >= 0.3 is 0 Å². The Kier molecular flexibility index (Phi) is 7.47. The standard InChI is InChI=1S/C22H29O2PSi/c1-26(2,3)19-16-22(23)25(24,17-14-20-10-6-4-7-11-20)18-15-21-12-8-5-9-13-21/h4-13,22-23H,14-15,17-18H2,1-3H3. The SMILES string of the molecule is C[Si](C)(C)C#CC(O)P(=O)(CCc1ccccc1)CCc1ccccc1. The molecular weight excluding hydrogens is 355 g/mol. The molecule has 2 aromatic rings. The normalized spacial score (nSPS) is 12.9. The predicted molar refractivity (Wildman–Crippen MR) is 115 cm³/mol. The molecule has 26 heavy (non-hydrogen) atoms. The van der Waals surface area contributed by atoms with E-state index in [1.807, 2.05) is 60.7 Å². The lowest BCUT2D eigenvalue weighted by Crippen LogP contribution is -2.19. The van der Waals surface area contributed by atoms with Crippen LogP contribution in [0, 0.1) is 11.5 Å². The molecule has 0 aliphatic carbocycles. The Morgan fingerprint density at radius 2 is 1.31 bits per heavy atom. The minimum absolute atomic E-state index is 0.491. The number of rotatable bonds is 7. The lowest BCUT2D eigenvalue weighted by molar-refractivity contribution is 0.300. The molecule has 0 saturated heterocycles. The molecule has 0 amide bonds. The first-order valence-electron chi connectivity index (χ1n) is 9.15. The molecule has 0 radical (unpaired) electrons. The van der Waals surface area contributed by atoms with Crippen LogP contribution in [0.2, 0.25) is 19.6 Å². The van der Waals surface area contributed by atoms with E-state index >= 15 is 0 Å². The van der Waals surface area contributed by atoms with Gasteiger partial charge in [-0.1, -0.05) is 86.2 Å². The molecule has 2 aromatic carbocycles. The smallest absolute Gasteiger partial charge is 0.166 e. The highest BCUT2D eigenvalue weighted by Crippen LogP contribution is 2.50. The number of aryl methyl sites for hydroxylation is 2. The second-order valence-corrected chi connectivity index (χ2v) is 15.8. The summed E-state index contributed by atoms with van der Waals surface area (Å²) in [5, 5.41) is 10.7. The Morgan fingerprint density at radius 1 is 0.885 bits per heavy atom. The van der Waals surface area contributed by atoms with E-state index < -0.39 is 21.1 Å². The van der Waals surface area contributed by atoms with E-state index in [4.69, 9.17) is 0 Å². The number of hydrogen-bond donors (Lipinski definition) is 1. The zero-order valence-electron chi connectivity index (χ0n) is 16.0. The van der Waals surface area contributed by atoms with Gasteiger partial charge in [0, 0.05) is 12.3 Å². The zero-order valence-corrected chi connectivity index (χ0v) is 17.9.